The minimum absolute atomic E-state index is 0.0359. The summed E-state index contributed by atoms with van der Waals surface area (Å²) in [6.07, 6.45) is 0. The summed E-state index contributed by atoms with van der Waals surface area (Å²) in [7, 11) is -2.81. The van der Waals surface area contributed by atoms with E-state index in [1.54, 1.807) is 11.8 Å². The fourth-order valence-electron chi connectivity index (χ4n) is 4.72. The van der Waals surface area contributed by atoms with Crippen LogP contribution in [0.3, 0.4) is 0 Å². The molecule has 0 saturated carbocycles. The molecule has 0 spiro atoms. The SMILES string of the molecule is CCN(CC(=O)N1CCN(C(c2ccccc2)c2ccccc2)CC1)S(=O)(=O)c1cc(F)ccc1OC. The van der Waals surface area contributed by atoms with Crippen LogP contribution in [-0.2, 0) is 14.8 Å². The van der Waals surface area contributed by atoms with Crippen molar-refractivity contribution < 1.29 is 22.3 Å². The van der Waals surface area contributed by atoms with Gasteiger partial charge in [-0.1, -0.05) is 67.6 Å². The number of likely N-dealkylation sites (N-methyl/N-ethyl adjacent to an activating group) is 1. The van der Waals surface area contributed by atoms with Gasteiger partial charge in [0.1, 0.15) is 16.5 Å². The molecule has 1 heterocycles. The highest BCUT2D eigenvalue weighted by Crippen LogP contribution is 2.30. The predicted octanol–water partition coefficient (Wildman–Crippen LogP) is 3.78. The first-order chi connectivity index (χ1) is 17.8. The summed E-state index contributed by atoms with van der Waals surface area (Å²) in [6, 6.07) is 23.9. The van der Waals surface area contributed by atoms with Gasteiger partial charge in [0.2, 0.25) is 15.9 Å². The van der Waals surface area contributed by atoms with Gasteiger partial charge < -0.3 is 9.64 Å². The van der Waals surface area contributed by atoms with Crippen LogP contribution in [0, 0.1) is 5.82 Å². The van der Waals surface area contributed by atoms with E-state index in [4.69, 9.17) is 4.74 Å². The van der Waals surface area contributed by atoms with Crippen molar-refractivity contribution in [2.24, 2.45) is 0 Å². The van der Waals surface area contributed by atoms with E-state index in [1.165, 1.54) is 24.3 Å². The predicted molar refractivity (Wildman–Crippen MR) is 140 cm³/mol. The van der Waals surface area contributed by atoms with Crippen LogP contribution in [-0.4, -0.2) is 74.8 Å². The van der Waals surface area contributed by atoms with Gasteiger partial charge in [0, 0.05) is 32.7 Å². The molecule has 0 bridgehead atoms. The Kier molecular flexibility index (Phi) is 8.58. The number of carbonyl (C=O) groups excluding carboxylic acids is 1. The molecule has 3 aromatic carbocycles. The monoisotopic (exact) mass is 525 g/mol. The number of piperazine rings is 1. The van der Waals surface area contributed by atoms with Crippen LogP contribution in [0.15, 0.2) is 83.8 Å². The largest absolute Gasteiger partial charge is 0.495 e. The van der Waals surface area contributed by atoms with Crippen LogP contribution >= 0.6 is 0 Å². The van der Waals surface area contributed by atoms with Crippen molar-refractivity contribution in [3.05, 3.63) is 95.8 Å². The van der Waals surface area contributed by atoms with E-state index >= 15 is 0 Å². The lowest BCUT2D eigenvalue weighted by Gasteiger charge is -2.40. The summed E-state index contributed by atoms with van der Waals surface area (Å²) in [5, 5.41) is 0. The summed E-state index contributed by atoms with van der Waals surface area (Å²) >= 11 is 0. The zero-order valence-electron chi connectivity index (χ0n) is 21.1. The Bertz CT molecular complexity index is 1260. The lowest BCUT2D eigenvalue weighted by atomic mass is 9.96. The van der Waals surface area contributed by atoms with Crippen molar-refractivity contribution in [3.8, 4) is 5.75 Å². The molecular formula is C28H32FN3O4S. The number of hydrogen-bond acceptors (Lipinski definition) is 5. The van der Waals surface area contributed by atoms with Crippen molar-refractivity contribution in [1.29, 1.82) is 0 Å². The molecule has 0 aliphatic carbocycles. The van der Waals surface area contributed by atoms with Crippen LogP contribution < -0.4 is 4.74 Å². The molecule has 196 valence electrons. The van der Waals surface area contributed by atoms with Gasteiger partial charge in [0.15, 0.2) is 0 Å². The first-order valence-corrected chi connectivity index (χ1v) is 13.7. The summed E-state index contributed by atoms with van der Waals surface area (Å²) in [6.45, 7) is 3.66. The van der Waals surface area contributed by atoms with Crippen molar-refractivity contribution in [2.75, 3.05) is 46.4 Å². The van der Waals surface area contributed by atoms with Gasteiger partial charge in [-0.05, 0) is 29.3 Å². The molecule has 4 rings (SSSR count). The van der Waals surface area contributed by atoms with Gasteiger partial charge in [-0.15, -0.1) is 0 Å². The molecule has 0 N–H and O–H groups in total. The molecule has 0 aromatic heterocycles. The molecule has 1 saturated heterocycles. The first kappa shape index (κ1) is 26.8. The standard InChI is InChI=1S/C28H32FN3O4S/c1-3-32(37(34,35)26-20-24(29)14-15-25(26)36-2)21-27(33)30-16-18-31(19-17-30)28(22-10-6-4-7-11-22)23-12-8-5-9-13-23/h4-15,20,28H,3,16-19,21H2,1-2H3. The van der Waals surface area contributed by atoms with Gasteiger partial charge in [0.05, 0.1) is 19.7 Å². The fraction of sp³-hybridized carbons (Fsp3) is 0.321. The smallest absolute Gasteiger partial charge is 0.247 e. The summed E-state index contributed by atoms with van der Waals surface area (Å²) < 4.78 is 46.6. The third-order valence-corrected chi connectivity index (χ3v) is 8.61. The maximum atomic E-state index is 13.9. The molecule has 0 radical (unpaired) electrons. The molecular weight excluding hydrogens is 493 g/mol. The normalized spacial score (nSPS) is 14.8. The number of halogens is 1. The maximum Gasteiger partial charge on any atom is 0.247 e. The zero-order chi connectivity index (χ0) is 26.4. The Morgan fingerprint density at radius 1 is 0.946 bits per heavy atom. The Balaban J connectivity index is 1.46. The summed E-state index contributed by atoms with van der Waals surface area (Å²) in [5.41, 5.74) is 2.36. The summed E-state index contributed by atoms with van der Waals surface area (Å²) in [4.78, 5) is 16.9. The highest BCUT2D eigenvalue weighted by Gasteiger charge is 2.32. The Labute approximate surface area is 218 Å². The van der Waals surface area contributed by atoms with Crippen LogP contribution in [0.5, 0.6) is 5.75 Å². The number of methoxy groups -OCH3 is 1. The van der Waals surface area contributed by atoms with Gasteiger partial charge in [-0.25, -0.2) is 12.8 Å². The average molecular weight is 526 g/mol. The Morgan fingerprint density at radius 3 is 2.03 bits per heavy atom. The lowest BCUT2D eigenvalue weighted by Crippen LogP contribution is -2.52. The summed E-state index contributed by atoms with van der Waals surface area (Å²) in [5.74, 6) is -0.936. The molecule has 7 nitrogen and oxygen atoms in total. The van der Waals surface area contributed by atoms with Crippen molar-refractivity contribution in [3.63, 3.8) is 0 Å². The highest BCUT2D eigenvalue weighted by molar-refractivity contribution is 7.89. The quantitative estimate of drug-likeness (QED) is 0.425. The number of amides is 1. The fourth-order valence-corrected chi connectivity index (χ4v) is 6.29. The van der Waals surface area contributed by atoms with Crippen LogP contribution in [0.1, 0.15) is 24.1 Å². The lowest BCUT2D eigenvalue weighted by molar-refractivity contribution is -0.133. The average Bonchev–Trinajstić information content (AvgIpc) is 2.93. The number of carbonyl (C=O) groups is 1. The highest BCUT2D eigenvalue weighted by atomic mass is 32.2. The Hall–Kier alpha value is -3.27. The third-order valence-electron chi connectivity index (χ3n) is 6.67. The van der Waals surface area contributed by atoms with Gasteiger partial charge in [-0.2, -0.15) is 4.31 Å². The number of benzene rings is 3. The molecule has 0 unspecified atom stereocenters. The molecule has 9 heteroatoms. The molecule has 1 amide bonds. The van der Waals surface area contributed by atoms with Crippen LogP contribution in [0.4, 0.5) is 4.39 Å². The first-order valence-electron chi connectivity index (χ1n) is 12.3. The second-order valence-electron chi connectivity index (χ2n) is 8.87. The maximum absolute atomic E-state index is 13.9. The van der Waals surface area contributed by atoms with E-state index in [1.807, 2.05) is 36.4 Å². The minimum Gasteiger partial charge on any atom is -0.495 e. The van der Waals surface area contributed by atoms with E-state index in [-0.39, 0.29) is 35.7 Å². The molecule has 1 fully saturated rings. The van der Waals surface area contributed by atoms with E-state index in [9.17, 15) is 17.6 Å². The van der Waals surface area contributed by atoms with Crippen LogP contribution in [0.2, 0.25) is 0 Å². The van der Waals surface area contributed by atoms with E-state index < -0.39 is 15.8 Å². The van der Waals surface area contributed by atoms with Crippen molar-refractivity contribution in [2.45, 2.75) is 17.9 Å². The molecule has 1 aliphatic heterocycles. The van der Waals surface area contributed by atoms with Gasteiger partial charge in [0.25, 0.3) is 0 Å². The second kappa shape index (κ2) is 11.9. The topological polar surface area (TPSA) is 70.2 Å². The number of sulfonamides is 1. The number of hydrogen-bond donors (Lipinski definition) is 0. The Morgan fingerprint density at radius 2 is 1.51 bits per heavy atom. The molecule has 0 atom stereocenters. The molecule has 1 aliphatic rings. The number of ether oxygens (including phenoxy) is 1. The van der Waals surface area contributed by atoms with E-state index in [0.29, 0.717) is 26.2 Å². The van der Waals surface area contributed by atoms with Crippen molar-refractivity contribution >= 4 is 15.9 Å². The van der Waals surface area contributed by atoms with Gasteiger partial charge in [-0.3, -0.25) is 9.69 Å². The zero-order valence-corrected chi connectivity index (χ0v) is 21.9. The third kappa shape index (κ3) is 6.01. The molecule has 37 heavy (non-hydrogen) atoms. The van der Waals surface area contributed by atoms with Gasteiger partial charge >= 0.3 is 0 Å². The van der Waals surface area contributed by atoms with Crippen LogP contribution in [0.25, 0.3) is 0 Å². The van der Waals surface area contributed by atoms with Crippen molar-refractivity contribution in [1.82, 2.24) is 14.1 Å². The number of nitrogens with zero attached hydrogens (tertiary/aromatic N) is 3. The van der Waals surface area contributed by atoms with E-state index in [0.717, 1.165) is 16.4 Å². The number of rotatable bonds is 9. The second-order valence-corrected chi connectivity index (χ2v) is 10.8. The molecule has 3 aromatic rings. The van der Waals surface area contributed by atoms with E-state index in [2.05, 4.69) is 29.2 Å². The minimum atomic E-state index is -4.14.